The molecule has 4 spiro atoms. The van der Waals surface area contributed by atoms with E-state index in [0.29, 0.717) is 135 Å². The number of nitrogens with zero attached hydrogens (tertiary/aromatic N) is 2. The summed E-state index contributed by atoms with van der Waals surface area (Å²) >= 11 is 0. The molecule has 20 nitrogen and oxygen atoms in total. The molecule has 15 aliphatic rings. The first-order valence-corrected chi connectivity index (χ1v) is 36.4. The first-order chi connectivity index (χ1) is 49.3. The summed E-state index contributed by atoms with van der Waals surface area (Å²) < 4.78 is 116. The van der Waals surface area contributed by atoms with E-state index in [1.54, 1.807) is 0 Å². The van der Waals surface area contributed by atoms with Crippen molar-refractivity contribution < 1.29 is 75.8 Å². The van der Waals surface area contributed by atoms with Gasteiger partial charge in [-0.05, 0) is 148 Å². The van der Waals surface area contributed by atoms with Gasteiger partial charge in [-0.15, -0.1) is 0 Å². The number of hydrogen-bond acceptors (Lipinski definition) is 18. The van der Waals surface area contributed by atoms with Gasteiger partial charge in [0.15, 0.2) is 23.1 Å². The van der Waals surface area contributed by atoms with E-state index in [1.807, 2.05) is 72.8 Å². The molecule has 0 amide bonds. The minimum absolute atomic E-state index is 0.126. The zero-order chi connectivity index (χ0) is 65.7. The van der Waals surface area contributed by atoms with Crippen LogP contribution in [-0.4, -0.2) is 146 Å². The number of aromatic amines is 2. The average molecular weight is 1350 g/mol. The van der Waals surface area contributed by atoms with Crippen molar-refractivity contribution in [2.75, 3.05) is 52.9 Å². The summed E-state index contributed by atoms with van der Waals surface area (Å²) in [6.45, 7) is 1.01. The van der Waals surface area contributed by atoms with Crippen LogP contribution in [0.25, 0.3) is 22.3 Å². The van der Waals surface area contributed by atoms with Crippen molar-refractivity contribution in [3.8, 4) is 46.0 Å². The molecule has 8 unspecified atom stereocenters. The molecule has 100 heavy (non-hydrogen) atoms. The highest BCUT2D eigenvalue weighted by Gasteiger charge is 2.54. The van der Waals surface area contributed by atoms with Crippen LogP contribution in [0.3, 0.4) is 0 Å². The molecular formula is C80H78N4O16. The lowest BCUT2D eigenvalue weighted by atomic mass is 9.98. The molecule has 0 radical (unpaired) electrons. The highest BCUT2D eigenvalue weighted by Crippen LogP contribution is 2.52. The molecule has 10 aliphatic heterocycles. The van der Waals surface area contributed by atoms with Gasteiger partial charge in [0.2, 0.25) is 0 Å². The zero-order valence-electron chi connectivity index (χ0n) is 55.6. The number of aliphatic imine (C=N–C) groups is 2. The van der Waals surface area contributed by atoms with E-state index >= 15 is 0 Å². The summed E-state index contributed by atoms with van der Waals surface area (Å²) in [5, 5.41) is 1.41. The van der Waals surface area contributed by atoms with Crippen LogP contribution >= 0.6 is 0 Å². The lowest BCUT2D eigenvalue weighted by molar-refractivity contribution is -0.173. The Labute approximate surface area is 577 Å². The zero-order valence-corrected chi connectivity index (χ0v) is 55.6. The van der Waals surface area contributed by atoms with Gasteiger partial charge in [0.05, 0.1) is 45.1 Å². The molecule has 514 valence electrons. The fraction of sp³-hybridized carbons (Fsp3) is 0.450. The molecule has 4 aromatic carbocycles. The van der Waals surface area contributed by atoms with Crippen LogP contribution in [0.2, 0.25) is 0 Å². The predicted octanol–water partition coefficient (Wildman–Crippen LogP) is 11.3. The Morgan fingerprint density at radius 3 is 0.760 bits per heavy atom. The van der Waals surface area contributed by atoms with Gasteiger partial charge in [-0.2, -0.15) is 0 Å². The number of H-pyrrole nitrogens is 2. The molecular weight excluding hydrogens is 1270 g/mol. The van der Waals surface area contributed by atoms with Crippen LogP contribution in [0.4, 0.5) is 0 Å². The Balaban J connectivity index is 0.881. The SMILES string of the molecule is C1=CC2=C3c4ccc([nH]4)C4=C5C=CC(=N5)C5=c6ccc([nH]6)=C(C1=N2)c1c2cccc1OCC1OC6(CCCC6)OC1COc1cccc(c15)OCC1OC5(CCCC5)OC1COc1cccc(c14)OCC1OC4(CCCC4)OC1COc1cccc(c13)OCC1OC3(CCCC3)OC1CO2. The van der Waals surface area contributed by atoms with E-state index in [9.17, 15) is 0 Å². The van der Waals surface area contributed by atoms with E-state index in [0.717, 1.165) is 103 Å². The van der Waals surface area contributed by atoms with Crippen molar-refractivity contribution in [1.82, 2.24) is 9.97 Å². The molecule has 2 N–H and O–H groups in total. The summed E-state index contributed by atoms with van der Waals surface area (Å²) in [5.41, 5.74) is 9.38. The highest BCUT2D eigenvalue weighted by molar-refractivity contribution is 6.33. The molecule has 32 bridgehead atoms. The third-order valence-corrected chi connectivity index (χ3v) is 23.0. The quantitative estimate of drug-likeness (QED) is 0.145. The number of rotatable bonds is 0. The second-order valence-corrected chi connectivity index (χ2v) is 29.2. The molecule has 8 fully saturated rings. The smallest absolute Gasteiger partial charge is 0.169 e. The Bertz CT molecular complexity index is 4360. The van der Waals surface area contributed by atoms with E-state index in [2.05, 4.69) is 58.5 Å². The summed E-state index contributed by atoms with van der Waals surface area (Å²) in [4.78, 5) is 19.8. The molecule has 5 aliphatic carbocycles. The molecule has 12 heterocycles. The van der Waals surface area contributed by atoms with Gasteiger partial charge >= 0.3 is 0 Å². The highest BCUT2D eigenvalue weighted by atomic mass is 16.8. The van der Waals surface area contributed by atoms with E-state index in [-0.39, 0.29) is 52.9 Å². The number of aromatic nitrogens is 2. The molecule has 6 aromatic rings. The summed E-state index contributed by atoms with van der Waals surface area (Å²) in [6.07, 6.45) is 17.8. The predicted molar refractivity (Wildman–Crippen MR) is 365 cm³/mol. The molecule has 2 aromatic heterocycles. The van der Waals surface area contributed by atoms with E-state index in [1.165, 1.54) is 0 Å². The normalized spacial score (nSPS) is 29.6. The Hall–Kier alpha value is -8.44. The standard InChI is InChI=1S/C80H78N4O16/c1-2-30-77(29-1)93-61-37-85-53-13-9-15-55-73(53)69-45-21-22-46(81-45)70-48-24-26-50(83-48)72-52-28-27-51(84-52)71(49-25-23-47(69)82-49)75-57(89-41-65-63(39-87-55)95-78(97-65)31-3-4-32-78)17-11-19-59(75)91-43-67-68(100-80(99-67)35-7-8-36-80)44-92-60-20-12-18-58(76(60)72)90-42-66-64(96-79(98-66)33-5-6-34-79)40-88-56-16-10-14-54(74(56)70)86-38-62(61)94-77/h9-28,61-68,81,84H,1-8,29-44H2. The lowest BCUT2D eigenvalue weighted by Crippen LogP contribution is -2.35. The van der Waals surface area contributed by atoms with Crippen LogP contribution in [0.1, 0.15) is 136 Å². The minimum atomic E-state index is -0.794. The number of benzene rings is 4. The second kappa shape index (κ2) is 23.6. The summed E-state index contributed by atoms with van der Waals surface area (Å²) in [5.74, 6) is 1.24. The maximum absolute atomic E-state index is 7.31. The van der Waals surface area contributed by atoms with Crippen molar-refractivity contribution in [2.24, 2.45) is 9.98 Å². The molecule has 21 rings (SSSR count). The van der Waals surface area contributed by atoms with Crippen LogP contribution in [0.5, 0.6) is 46.0 Å². The van der Waals surface area contributed by atoms with Crippen LogP contribution in [0, 0.1) is 0 Å². The Kier molecular flexibility index (Phi) is 14.2. The van der Waals surface area contributed by atoms with E-state index in [4.69, 9.17) is 85.8 Å². The van der Waals surface area contributed by atoms with Gasteiger partial charge in [0.1, 0.15) is 148 Å². The number of ether oxygens (including phenoxy) is 16. The average Bonchev–Trinajstić information content (AvgIpc) is 1.54. The maximum atomic E-state index is 7.31. The maximum Gasteiger partial charge on any atom is 0.169 e. The van der Waals surface area contributed by atoms with Gasteiger partial charge in [-0.25, -0.2) is 9.98 Å². The van der Waals surface area contributed by atoms with Gasteiger partial charge < -0.3 is 85.8 Å². The topological polar surface area (TPSA) is 204 Å². The van der Waals surface area contributed by atoms with Gasteiger partial charge in [0.25, 0.3) is 0 Å². The summed E-state index contributed by atoms with van der Waals surface area (Å²) in [6, 6.07) is 32.4. The number of allylic oxidation sites excluding steroid dienone is 4. The van der Waals surface area contributed by atoms with Crippen LogP contribution in [0.15, 0.2) is 143 Å². The van der Waals surface area contributed by atoms with Crippen molar-refractivity contribution >= 4 is 33.7 Å². The fourth-order valence-corrected chi connectivity index (χ4v) is 18.3. The van der Waals surface area contributed by atoms with Crippen LogP contribution in [-0.2, 0) is 37.9 Å². The number of hydrogen-bond donors (Lipinski definition) is 2. The van der Waals surface area contributed by atoms with E-state index < -0.39 is 72.0 Å². The molecule has 4 saturated heterocycles. The number of fused-ring (bicyclic) bond motifs is 5. The van der Waals surface area contributed by atoms with Crippen molar-refractivity contribution in [2.45, 2.75) is 175 Å². The van der Waals surface area contributed by atoms with Gasteiger partial charge in [-0.1, -0.05) is 24.3 Å². The Morgan fingerprint density at radius 1 is 0.270 bits per heavy atom. The molecule has 20 heteroatoms. The first kappa shape index (κ1) is 60.3. The lowest BCUT2D eigenvalue weighted by Gasteiger charge is -2.24. The number of nitrogens with one attached hydrogen (secondary N) is 2. The van der Waals surface area contributed by atoms with Crippen LogP contribution < -0.4 is 48.6 Å². The van der Waals surface area contributed by atoms with Crippen molar-refractivity contribution in [3.05, 3.63) is 177 Å². The second-order valence-electron chi connectivity index (χ2n) is 29.2. The third-order valence-electron chi connectivity index (χ3n) is 23.0. The largest absolute Gasteiger partial charge is 0.490 e. The Morgan fingerprint density at radius 2 is 0.510 bits per heavy atom. The minimum Gasteiger partial charge on any atom is -0.490 e. The van der Waals surface area contributed by atoms with Gasteiger partial charge in [0, 0.05) is 95.7 Å². The monoisotopic (exact) mass is 1350 g/mol. The third kappa shape index (κ3) is 10.1. The van der Waals surface area contributed by atoms with Crippen molar-refractivity contribution in [3.63, 3.8) is 0 Å². The molecule has 4 saturated carbocycles. The van der Waals surface area contributed by atoms with Gasteiger partial charge in [-0.3, -0.25) is 0 Å². The molecule has 8 atom stereocenters. The summed E-state index contributed by atoms with van der Waals surface area (Å²) in [7, 11) is 0. The van der Waals surface area contributed by atoms with Crippen molar-refractivity contribution in [1.29, 1.82) is 0 Å². The first-order valence-electron chi connectivity index (χ1n) is 36.4. The fourth-order valence-electron chi connectivity index (χ4n) is 18.3.